The number of carbonyl (C=O) groups excluding carboxylic acids is 1. The summed E-state index contributed by atoms with van der Waals surface area (Å²) in [6, 6.07) is 2.76. The average Bonchev–Trinajstić information content (AvgIpc) is 2.37. The van der Waals surface area contributed by atoms with E-state index in [1.807, 2.05) is 0 Å². The van der Waals surface area contributed by atoms with Crippen molar-refractivity contribution in [3.8, 4) is 0 Å². The molecule has 1 aromatic carbocycles. The summed E-state index contributed by atoms with van der Waals surface area (Å²) in [7, 11) is -3.81. The van der Waals surface area contributed by atoms with E-state index in [0.29, 0.717) is 24.1 Å². The predicted octanol–water partition coefficient (Wildman–Crippen LogP) is 0.443. The van der Waals surface area contributed by atoms with Gasteiger partial charge in [0.25, 0.3) is 0 Å². The van der Waals surface area contributed by atoms with Gasteiger partial charge in [-0.1, -0.05) is 12.1 Å². The van der Waals surface area contributed by atoms with Crippen molar-refractivity contribution in [3.05, 3.63) is 23.3 Å². The van der Waals surface area contributed by atoms with Crippen molar-refractivity contribution in [2.45, 2.75) is 37.6 Å². The molecule has 1 heterocycles. The third kappa shape index (κ3) is 2.78. The van der Waals surface area contributed by atoms with Gasteiger partial charge in [0.1, 0.15) is 10.9 Å². The molecular weight excluding hydrogens is 278 g/mol. The Kier molecular flexibility index (Phi) is 4.01. The van der Waals surface area contributed by atoms with Crippen LogP contribution in [0.1, 0.15) is 24.0 Å². The maximum atomic E-state index is 12.5. The normalized spacial score (nSPS) is 19.7. The van der Waals surface area contributed by atoms with Crippen LogP contribution in [0.4, 0.5) is 5.69 Å². The molecule has 2 rings (SSSR count). The lowest BCUT2D eigenvalue weighted by molar-refractivity contribution is -0.124. The summed E-state index contributed by atoms with van der Waals surface area (Å²) in [6.45, 7) is 4.02. The zero-order valence-electron chi connectivity index (χ0n) is 11.6. The molecule has 1 unspecified atom stereocenters. The van der Waals surface area contributed by atoms with Crippen LogP contribution in [0.15, 0.2) is 17.0 Å². The fraction of sp³-hybridized carbons (Fsp3) is 0.462. The molecule has 0 aliphatic carbocycles. The zero-order valence-corrected chi connectivity index (χ0v) is 12.4. The molecule has 1 atom stereocenters. The molecule has 0 saturated carbocycles. The second-order valence-electron chi connectivity index (χ2n) is 5.05. The van der Waals surface area contributed by atoms with E-state index >= 15 is 0 Å². The molecule has 20 heavy (non-hydrogen) atoms. The number of aryl methyl sites for hydroxylation is 2. The summed E-state index contributed by atoms with van der Waals surface area (Å²) in [4.78, 5) is 11.7. The van der Waals surface area contributed by atoms with Gasteiger partial charge in [-0.15, -0.1) is 0 Å². The highest BCUT2D eigenvalue weighted by Gasteiger charge is 2.29. The van der Waals surface area contributed by atoms with E-state index in [1.165, 1.54) is 0 Å². The number of hydrogen-bond donors (Lipinski definition) is 3. The van der Waals surface area contributed by atoms with Crippen molar-refractivity contribution >= 4 is 21.6 Å². The second kappa shape index (κ2) is 5.41. The minimum absolute atomic E-state index is 0.0656. The van der Waals surface area contributed by atoms with Crippen molar-refractivity contribution in [1.29, 1.82) is 0 Å². The number of benzene rings is 1. The third-order valence-corrected chi connectivity index (χ3v) is 5.14. The lowest BCUT2D eigenvalue weighted by Gasteiger charge is -2.23. The van der Waals surface area contributed by atoms with Gasteiger partial charge in [-0.05, 0) is 37.8 Å². The van der Waals surface area contributed by atoms with Gasteiger partial charge >= 0.3 is 0 Å². The Morgan fingerprint density at radius 1 is 1.30 bits per heavy atom. The number of anilines is 1. The number of nitrogens with one attached hydrogen (secondary N) is 2. The van der Waals surface area contributed by atoms with E-state index < -0.39 is 16.1 Å². The number of sulfonamides is 1. The molecule has 1 amide bonds. The summed E-state index contributed by atoms with van der Waals surface area (Å²) in [5.74, 6) is -0.288. The Morgan fingerprint density at radius 2 is 1.95 bits per heavy atom. The van der Waals surface area contributed by atoms with Crippen LogP contribution in [-0.2, 0) is 14.8 Å². The van der Waals surface area contributed by atoms with Crippen LogP contribution in [0.2, 0.25) is 0 Å². The summed E-state index contributed by atoms with van der Waals surface area (Å²) >= 11 is 0. The third-order valence-electron chi connectivity index (χ3n) is 3.46. The average molecular weight is 297 g/mol. The Morgan fingerprint density at radius 3 is 2.60 bits per heavy atom. The quantitative estimate of drug-likeness (QED) is 0.705. The Bertz CT molecular complexity index is 641. The van der Waals surface area contributed by atoms with E-state index in [1.54, 1.807) is 26.0 Å². The zero-order chi connectivity index (χ0) is 14.9. The lowest BCUT2D eigenvalue weighted by atomic mass is 10.1. The molecule has 0 radical (unpaired) electrons. The molecule has 6 nitrogen and oxygen atoms in total. The lowest BCUT2D eigenvalue weighted by Crippen LogP contribution is -2.50. The number of piperidine rings is 1. The van der Waals surface area contributed by atoms with Gasteiger partial charge in [0.2, 0.25) is 15.9 Å². The van der Waals surface area contributed by atoms with E-state index in [-0.39, 0.29) is 16.5 Å². The molecule has 110 valence electrons. The first-order valence-electron chi connectivity index (χ1n) is 6.48. The van der Waals surface area contributed by atoms with Crippen LogP contribution in [0.5, 0.6) is 0 Å². The smallest absolute Gasteiger partial charge is 0.243 e. The molecule has 7 heteroatoms. The molecule has 0 bridgehead atoms. The summed E-state index contributed by atoms with van der Waals surface area (Å²) < 4.78 is 27.4. The van der Waals surface area contributed by atoms with Gasteiger partial charge in [0, 0.05) is 6.54 Å². The van der Waals surface area contributed by atoms with Crippen LogP contribution >= 0.6 is 0 Å². The number of hydrogen-bond acceptors (Lipinski definition) is 4. The van der Waals surface area contributed by atoms with Crippen molar-refractivity contribution < 1.29 is 13.2 Å². The Hall–Kier alpha value is -1.60. The van der Waals surface area contributed by atoms with Crippen molar-refractivity contribution in [2.24, 2.45) is 0 Å². The largest absolute Gasteiger partial charge is 0.397 e. The van der Waals surface area contributed by atoms with Crippen LogP contribution in [-0.4, -0.2) is 26.9 Å². The maximum Gasteiger partial charge on any atom is 0.243 e. The van der Waals surface area contributed by atoms with Crippen molar-refractivity contribution in [3.63, 3.8) is 0 Å². The standard InChI is InChI=1S/C13H19N3O3S/c1-8-5-6-9(2)12(11(8)14)20(18,19)16-10-4-3-7-15-13(10)17/h5-6,10,16H,3-4,7,14H2,1-2H3,(H,15,17). The predicted molar refractivity (Wildman–Crippen MR) is 76.7 cm³/mol. The number of nitrogen functional groups attached to an aromatic ring is 1. The van der Waals surface area contributed by atoms with Crippen LogP contribution in [0.3, 0.4) is 0 Å². The Labute approximate surface area is 118 Å². The molecule has 1 aliphatic heterocycles. The van der Waals surface area contributed by atoms with E-state index in [9.17, 15) is 13.2 Å². The number of amides is 1. The highest BCUT2D eigenvalue weighted by Crippen LogP contribution is 2.26. The molecule has 1 aromatic rings. The monoisotopic (exact) mass is 297 g/mol. The number of rotatable bonds is 3. The highest BCUT2D eigenvalue weighted by molar-refractivity contribution is 7.89. The van der Waals surface area contributed by atoms with Gasteiger partial charge in [0.15, 0.2) is 0 Å². The molecule has 1 aliphatic rings. The fourth-order valence-electron chi connectivity index (χ4n) is 2.29. The molecule has 1 fully saturated rings. The minimum Gasteiger partial charge on any atom is -0.397 e. The summed E-state index contributed by atoms with van der Waals surface area (Å²) in [5, 5.41) is 2.65. The second-order valence-corrected chi connectivity index (χ2v) is 6.70. The topological polar surface area (TPSA) is 101 Å². The first-order chi connectivity index (χ1) is 9.33. The van der Waals surface area contributed by atoms with Crippen LogP contribution in [0, 0.1) is 13.8 Å². The Balaban J connectivity index is 2.36. The maximum absolute atomic E-state index is 12.5. The number of nitrogens with two attached hydrogens (primary N) is 1. The SMILES string of the molecule is Cc1ccc(C)c(S(=O)(=O)NC2CCCNC2=O)c1N. The fourth-order valence-corrected chi connectivity index (χ4v) is 3.95. The summed E-state index contributed by atoms with van der Waals surface area (Å²) in [5.41, 5.74) is 7.38. The highest BCUT2D eigenvalue weighted by atomic mass is 32.2. The molecular formula is C13H19N3O3S. The molecule has 1 saturated heterocycles. The first-order valence-corrected chi connectivity index (χ1v) is 7.97. The van der Waals surface area contributed by atoms with E-state index in [4.69, 9.17) is 5.73 Å². The first kappa shape index (κ1) is 14.8. The van der Waals surface area contributed by atoms with Gasteiger partial charge in [-0.25, -0.2) is 8.42 Å². The van der Waals surface area contributed by atoms with Crippen molar-refractivity contribution in [1.82, 2.24) is 10.0 Å². The van der Waals surface area contributed by atoms with Gasteiger partial charge in [-0.2, -0.15) is 4.72 Å². The molecule has 0 aromatic heterocycles. The van der Waals surface area contributed by atoms with E-state index in [0.717, 1.165) is 6.42 Å². The minimum atomic E-state index is -3.81. The van der Waals surface area contributed by atoms with Crippen molar-refractivity contribution in [2.75, 3.05) is 12.3 Å². The van der Waals surface area contributed by atoms with Gasteiger partial charge in [-0.3, -0.25) is 4.79 Å². The van der Waals surface area contributed by atoms with Crippen LogP contribution < -0.4 is 15.8 Å². The van der Waals surface area contributed by atoms with Gasteiger partial charge < -0.3 is 11.1 Å². The summed E-state index contributed by atoms with van der Waals surface area (Å²) in [6.07, 6.45) is 1.25. The van der Waals surface area contributed by atoms with E-state index in [2.05, 4.69) is 10.0 Å². The van der Waals surface area contributed by atoms with Gasteiger partial charge in [0.05, 0.1) is 5.69 Å². The molecule has 4 N–H and O–H groups in total. The number of carbonyl (C=O) groups is 1. The molecule has 0 spiro atoms. The van der Waals surface area contributed by atoms with Crippen LogP contribution in [0.25, 0.3) is 0 Å².